The van der Waals surface area contributed by atoms with E-state index in [1.54, 1.807) is 0 Å². The highest BCUT2D eigenvalue weighted by atomic mass is 15.2. The summed E-state index contributed by atoms with van der Waals surface area (Å²) in [6.45, 7) is 7.10. The first-order valence-corrected chi connectivity index (χ1v) is 7.65. The fourth-order valence-electron chi connectivity index (χ4n) is 2.85. The third-order valence-corrected chi connectivity index (χ3v) is 3.87. The molecule has 0 aliphatic carbocycles. The van der Waals surface area contributed by atoms with Crippen molar-refractivity contribution in [2.75, 3.05) is 18.0 Å². The van der Waals surface area contributed by atoms with Gasteiger partial charge in [-0.05, 0) is 30.5 Å². The van der Waals surface area contributed by atoms with Crippen molar-refractivity contribution >= 4 is 11.5 Å². The van der Waals surface area contributed by atoms with Gasteiger partial charge in [0.2, 0.25) is 0 Å². The van der Waals surface area contributed by atoms with Crippen molar-refractivity contribution in [3.8, 4) is 0 Å². The molecule has 0 saturated carbocycles. The molecule has 0 fully saturated rings. The molecule has 2 aromatic rings. The molecule has 1 atom stereocenters. The van der Waals surface area contributed by atoms with Crippen LogP contribution in [0.15, 0.2) is 36.7 Å². The van der Waals surface area contributed by atoms with E-state index in [0.29, 0.717) is 5.92 Å². The smallest absolute Gasteiger partial charge is 0.151 e. The van der Waals surface area contributed by atoms with Gasteiger partial charge in [0.1, 0.15) is 0 Å². The van der Waals surface area contributed by atoms with E-state index in [9.17, 15) is 0 Å². The van der Waals surface area contributed by atoms with E-state index < -0.39 is 0 Å². The number of anilines is 2. The van der Waals surface area contributed by atoms with Crippen molar-refractivity contribution < 1.29 is 0 Å². The highest BCUT2D eigenvalue weighted by Crippen LogP contribution is 2.33. The van der Waals surface area contributed by atoms with E-state index in [1.165, 1.54) is 11.3 Å². The molecule has 3 rings (SSSR count). The van der Waals surface area contributed by atoms with Gasteiger partial charge in [0.15, 0.2) is 5.82 Å². The molecule has 1 aromatic carbocycles. The molecule has 0 radical (unpaired) electrons. The second kappa shape index (κ2) is 6.22. The topological polar surface area (TPSA) is 41.1 Å². The van der Waals surface area contributed by atoms with Crippen LogP contribution in [0, 0.1) is 5.92 Å². The van der Waals surface area contributed by atoms with Gasteiger partial charge in [-0.3, -0.25) is 4.98 Å². The average molecular weight is 282 g/mol. The number of benzene rings is 1. The highest BCUT2D eigenvalue weighted by molar-refractivity contribution is 5.65. The second-order valence-corrected chi connectivity index (χ2v) is 5.69. The second-order valence-electron chi connectivity index (χ2n) is 5.69. The summed E-state index contributed by atoms with van der Waals surface area (Å²) in [6, 6.07) is 8.59. The normalized spacial score (nSPS) is 17.6. The Bertz CT molecular complexity index is 594. The minimum absolute atomic E-state index is 0.628. The van der Waals surface area contributed by atoms with Crippen LogP contribution in [-0.2, 0) is 13.0 Å². The van der Waals surface area contributed by atoms with Gasteiger partial charge in [-0.1, -0.05) is 32.0 Å². The molecule has 21 heavy (non-hydrogen) atoms. The van der Waals surface area contributed by atoms with E-state index in [1.807, 2.05) is 12.4 Å². The molecule has 0 spiro atoms. The largest absolute Gasteiger partial charge is 0.325 e. The monoisotopic (exact) mass is 282 g/mol. The summed E-state index contributed by atoms with van der Waals surface area (Å²) in [5.74, 6) is 1.57. The highest BCUT2D eigenvalue weighted by Gasteiger charge is 2.23. The Balaban J connectivity index is 1.86. The Kier molecular flexibility index (Phi) is 4.15. The zero-order chi connectivity index (χ0) is 14.7. The van der Waals surface area contributed by atoms with Crippen molar-refractivity contribution in [1.29, 1.82) is 0 Å². The molecule has 0 bridgehead atoms. The molecule has 4 nitrogen and oxygen atoms in total. The van der Waals surface area contributed by atoms with Crippen LogP contribution < -0.4 is 10.2 Å². The van der Waals surface area contributed by atoms with Crippen LogP contribution in [0.3, 0.4) is 0 Å². The van der Waals surface area contributed by atoms with Gasteiger partial charge >= 0.3 is 0 Å². The molecule has 4 heteroatoms. The van der Waals surface area contributed by atoms with Crippen molar-refractivity contribution in [1.82, 2.24) is 15.3 Å². The predicted molar refractivity (Wildman–Crippen MR) is 85.7 cm³/mol. The van der Waals surface area contributed by atoms with Crippen LogP contribution in [-0.4, -0.2) is 23.1 Å². The molecular weight excluding hydrogens is 260 g/mol. The Hall–Kier alpha value is -1.94. The Morgan fingerprint density at radius 3 is 2.86 bits per heavy atom. The summed E-state index contributed by atoms with van der Waals surface area (Å²) in [6.07, 6.45) is 4.90. The van der Waals surface area contributed by atoms with Crippen LogP contribution in [0.1, 0.15) is 25.1 Å². The first-order chi connectivity index (χ1) is 10.3. The van der Waals surface area contributed by atoms with Crippen molar-refractivity contribution in [3.63, 3.8) is 0 Å². The molecule has 0 amide bonds. The quantitative estimate of drug-likeness (QED) is 0.936. The first-order valence-electron chi connectivity index (χ1n) is 7.65. The number of fused-ring (bicyclic) bond motifs is 1. The fourth-order valence-corrected chi connectivity index (χ4v) is 2.85. The van der Waals surface area contributed by atoms with Gasteiger partial charge < -0.3 is 10.2 Å². The fraction of sp³-hybridized carbons (Fsp3) is 0.412. The number of hydrogen-bond donors (Lipinski definition) is 1. The third-order valence-electron chi connectivity index (χ3n) is 3.87. The Labute approximate surface area is 126 Å². The summed E-state index contributed by atoms with van der Waals surface area (Å²) >= 11 is 0. The maximum Gasteiger partial charge on any atom is 0.151 e. The summed E-state index contributed by atoms with van der Waals surface area (Å²) < 4.78 is 0. The lowest BCUT2D eigenvalue weighted by Gasteiger charge is -2.33. The number of nitrogens with zero attached hydrogens (tertiary/aromatic N) is 3. The molecule has 0 saturated heterocycles. The lowest BCUT2D eigenvalue weighted by Crippen LogP contribution is -2.31. The summed E-state index contributed by atoms with van der Waals surface area (Å²) in [5.41, 5.74) is 3.65. The lowest BCUT2D eigenvalue weighted by atomic mass is 9.94. The van der Waals surface area contributed by atoms with Gasteiger partial charge in [-0.25, -0.2) is 4.98 Å². The first kappa shape index (κ1) is 14.0. The van der Waals surface area contributed by atoms with Crippen LogP contribution >= 0.6 is 0 Å². The number of aromatic nitrogens is 2. The van der Waals surface area contributed by atoms with Gasteiger partial charge in [-0.15, -0.1) is 0 Å². The SMILES string of the molecule is CCNCc1cnc(N2CC(C)Cc3ccccc32)cn1. The van der Waals surface area contributed by atoms with E-state index >= 15 is 0 Å². The Morgan fingerprint density at radius 2 is 2.10 bits per heavy atom. The minimum Gasteiger partial charge on any atom is -0.325 e. The van der Waals surface area contributed by atoms with Crippen LogP contribution in [0.4, 0.5) is 11.5 Å². The zero-order valence-electron chi connectivity index (χ0n) is 12.7. The molecule has 1 unspecified atom stereocenters. The van der Waals surface area contributed by atoms with Gasteiger partial charge in [0.05, 0.1) is 18.1 Å². The molecule has 2 heterocycles. The standard InChI is InChI=1S/C17H22N4/c1-3-18-9-15-10-20-17(11-19-15)21-12-13(2)8-14-6-4-5-7-16(14)21/h4-7,10-11,13,18H,3,8-9,12H2,1-2H3. The van der Waals surface area contributed by atoms with E-state index in [0.717, 1.165) is 37.6 Å². The predicted octanol–water partition coefficient (Wildman–Crippen LogP) is 2.92. The van der Waals surface area contributed by atoms with Crippen LogP contribution in [0.25, 0.3) is 0 Å². The summed E-state index contributed by atoms with van der Waals surface area (Å²) in [7, 11) is 0. The zero-order valence-corrected chi connectivity index (χ0v) is 12.7. The maximum atomic E-state index is 4.61. The Morgan fingerprint density at radius 1 is 1.24 bits per heavy atom. The van der Waals surface area contributed by atoms with Gasteiger partial charge in [-0.2, -0.15) is 0 Å². The van der Waals surface area contributed by atoms with E-state index in [-0.39, 0.29) is 0 Å². The summed E-state index contributed by atoms with van der Waals surface area (Å²) in [5, 5.41) is 3.27. The van der Waals surface area contributed by atoms with Crippen LogP contribution in [0.5, 0.6) is 0 Å². The summed E-state index contributed by atoms with van der Waals surface area (Å²) in [4.78, 5) is 11.4. The van der Waals surface area contributed by atoms with Gasteiger partial charge in [0, 0.05) is 18.8 Å². The molecule has 1 aliphatic heterocycles. The number of rotatable bonds is 4. The van der Waals surface area contributed by atoms with Crippen molar-refractivity contribution in [3.05, 3.63) is 47.9 Å². The molecule has 1 aromatic heterocycles. The molecule has 1 N–H and O–H groups in total. The molecule has 1 aliphatic rings. The average Bonchev–Trinajstić information content (AvgIpc) is 2.52. The minimum atomic E-state index is 0.628. The maximum absolute atomic E-state index is 4.61. The lowest BCUT2D eigenvalue weighted by molar-refractivity contribution is 0.559. The van der Waals surface area contributed by atoms with Gasteiger partial charge in [0.25, 0.3) is 0 Å². The van der Waals surface area contributed by atoms with E-state index in [4.69, 9.17) is 0 Å². The number of nitrogens with one attached hydrogen (secondary N) is 1. The van der Waals surface area contributed by atoms with E-state index in [2.05, 4.69) is 58.3 Å². The molecule has 110 valence electrons. The molecular formula is C17H22N4. The number of hydrogen-bond acceptors (Lipinski definition) is 4. The third kappa shape index (κ3) is 3.05. The van der Waals surface area contributed by atoms with Crippen molar-refractivity contribution in [2.24, 2.45) is 5.92 Å². The number of para-hydroxylation sites is 1. The van der Waals surface area contributed by atoms with Crippen LogP contribution in [0.2, 0.25) is 0 Å². The van der Waals surface area contributed by atoms with Crippen molar-refractivity contribution in [2.45, 2.75) is 26.8 Å².